The van der Waals surface area contributed by atoms with E-state index in [0.717, 1.165) is 22.4 Å². The average molecular weight is 307 g/mol. The highest BCUT2D eigenvalue weighted by atomic mass is 16.1. The highest BCUT2D eigenvalue weighted by Crippen LogP contribution is 2.23. The quantitative estimate of drug-likeness (QED) is 0.765. The lowest BCUT2D eigenvalue weighted by atomic mass is 10.0. The van der Waals surface area contributed by atoms with Crippen LogP contribution in [-0.2, 0) is 0 Å². The summed E-state index contributed by atoms with van der Waals surface area (Å²) in [6.07, 6.45) is 0. The summed E-state index contributed by atoms with van der Waals surface area (Å²) in [6.45, 7) is 6.10. The first-order valence-corrected chi connectivity index (χ1v) is 7.87. The van der Waals surface area contributed by atoms with Crippen molar-refractivity contribution in [2.75, 3.05) is 0 Å². The maximum Gasteiger partial charge on any atom is 0.252 e. The van der Waals surface area contributed by atoms with Gasteiger partial charge in [0.05, 0.1) is 17.1 Å². The molecule has 0 spiro atoms. The fraction of sp³-hybridized carbons (Fsp3) is 0.263. The first kappa shape index (κ1) is 15.3. The van der Waals surface area contributed by atoms with E-state index in [1.807, 2.05) is 55.5 Å². The Labute approximate surface area is 136 Å². The largest absolute Gasteiger partial charge is 0.342 e. The summed E-state index contributed by atoms with van der Waals surface area (Å²) < 4.78 is 0. The molecule has 4 nitrogen and oxygen atoms in total. The number of imidazole rings is 1. The Kier molecular flexibility index (Phi) is 4.15. The third-order valence-electron chi connectivity index (χ3n) is 4.05. The normalized spacial score (nSPS) is 12.5. The molecule has 2 N–H and O–H groups in total. The van der Waals surface area contributed by atoms with E-state index in [-0.39, 0.29) is 17.9 Å². The molecule has 1 heterocycles. The minimum Gasteiger partial charge on any atom is -0.342 e. The van der Waals surface area contributed by atoms with Gasteiger partial charge in [-0.25, -0.2) is 4.98 Å². The van der Waals surface area contributed by atoms with Crippen LogP contribution >= 0.6 is 0 Å². The van der Waals surface area contributed by atoms with E-state index in [2.05, 4.69) is 29.1 Å². The maximum atomic E-state index is 12.6. The molecule has 0 aliphatic heterocycles. The lowest BCUT2D eigenvalue weighted by Gasteiger charge is -2.21. The van der Waals surface area contributed by atoms with Crippen molar-refractivity contribution in [2.45, 2.75) is 26.8 Å². The summed E-state index contributed by atoms with van der Waals surface area (Å²) in [5.74, 6) is 0.953. The van der Waals surface area contributed by atoms with Crippen LogP contribution in [0.5, 0.6) is 0 Å². The minimum absolute atomic E-state index is 0.0674. The molecule has 0 bridgehead atoms. The second-order valence-electron chi connectivity index (χ2n) is 6.15. The zero-order valence-corrected chi connectivity index (χ0v) is 13.6. The van der Waals surface area contributed by atoms with E-state index >= 15 is 0 Å². The van der Waals surface area contributed by atoms with Gasteiger partial charge >= 0.3 is 0 Å². The molecule has 0 saturated carbocycles. The molecule has 1 atom stereocenters. The predicted molar refractivity (Wildman–Crippen MR) is 92.3 cm³/mol. The Morgan fingerprint density at radius 1 is 1.09 bits per heavy atom. The number of aryl methyl sites for hydroxylation is 1. The number of carbonyl (C=O) groups excluding carboxylic acids is 1. The summed E-state index contributed by atoms with van der Waals surface area (Å²) in [7, 11) is 0. The molecule has 1 unspecified atom stereocenters. The van der Waals surface area contributed by atoms with Gasteiger partial charge in [0.15, 0.2) is 0 Å². The first-order chi connectivity index (χ1) is 11.1. The molecule has 0 aliphatic carbocycles. The molecular formula is C19H21N3O. The van der Waals surface area contributed by atoms with E-state index in [1.54, 1.807) is 0 Å². The summed E-state index contributed by atoms with van der Waals surface area (Å²) in [6, 6.07) is 15.3. The van der Waals surface area contributed by atoms with Crippen LogP contribution < -0.4 is 5.32 Å². The minimum atomic E-state index is -0.158. The number of hydrogen-bond donors (Lipinski definition) is 2. The van der Waals surface area contributed by atoms with E-state index in [0.29, 0.717) is 5.56 Å². The zero-order valence-electron chi connectivity index (χ0n) is 13.6. The number of para-hydroxylation sites is 2. The number of benzene rings is 2. The van der Waals surface area contributed by atoms with Gasteiger partial charge in [0.2, 0.25) is 0 Å². The van der Waals surface area contributed by atoms with Gasteiger partial charge in [-0.15, -0.1) is 0 Å². The van der Waals surface area contributed by atoms with Crippen LogP contribution in [0.25, 0.3) is 11.0 Å². The van der Waals surface area contributed by atoms with Gasteiger partial charge < -0.3 is 10.3 Å². The molecule has 0 radical (unpaired) electrons. The smallest absolute Gasteiger partial charge is 0.252 e. The number of H-pyrrole nitrogens is 1. The Bertz CT molecular complexity index is 802. The first-order valence-electron chi connectivity index (χ1n) is 7.87. The Balaban J connectivity index is 1.90. The molecule has 0 aliphatic rings. The fourth-order valence-corrected chi connectivity index (χ4v) is 2.72. The number of aromatic amines is 1. The van der Waals surface area contributed by atoms with Crippen molar-refractivity contribution < 1.29 is 4.79 Å². The van der Waals surface area contributed by atoms with Crippen LogP contribution in [0.15, 0.2) is 48.5 Å². The third kappa shape index (κ3) is 3.11. The molecule has 3 aromatic rings. The summed E-state index contributed by atoms with van der Waals surface area (Å²) in [4.78, 5) is 20.6. The van der Waals surface area contributed by atoms with Crippen molar-refractivity contribution in [1.29, 1.82) is 0 Å². The lowest BCUT2D eigenvalue weighted by molar-refractivity contribution is 0.0922. The number of aromatic nitrogens is 2. The number of rotatable bonds is 4. The van der Waals surface area contributed by atoms with E-state index in [1.165, 1.54) is 0 Å². The summed E-state index contributed by atoms with van der Waals surface area (Å²) in [5.41, 5.74) is 3.57. The predicted octanol–water partition coefficient (Wildman–Crippen LogP) is 4.00. The zero-order chi connectivity index (χ0) is 16.4. The molecular weight excluding hydrogens is 286 g/mol. The van der Waals surface area contributed by atoms with Crippen molar-refractivity contribution >= 4 is 16.9 Å². The molecule has 23 heavy (non-hydrogen) atoms. The number of carbonyl (C=O) groups is 1. The molecule has 1 amide bonds. The van der Waals surface area contributed by atoms with Gasteiger partial charge in [-0.05, 0) is 36.6 Å². The van der Waals surface area contributed by atoms with Crippen LogP contribution in [-0.4, -0.2) is 15.9 Å². The molecule has 3 rings (SSSR count). The van der Waals surface area contributed by atoms with Crippen molar-refractivity contribution in [3.05, 3.63) is 65.5 Å². The molecule has 2 aromatic carbocycles. The van der Waals surface area contributed by atoms with Gasteiger partial charge in [0.1, 0.15) is 5.82 Å². The standard InChI is InChI=1S/C19H21N3O/c1-12(2)17(18-20-15-10-6-7-11-16(15)21-18)22-19(23)14-9-5-4-8-13(14)3/h4-12,17H,1-3H3,(H,20,21)(H,22,23). The topological polar surface area (TPSA) is 57.8 Å². The maximum absolute atomic E-state index is 12.6. The van der Waals surface area contributed by atoms with Crippen LogP contribution in [0.3, 0.4) is 0 Å². The second kappa shape index (κ2) is 6.24. The summed E-state index contributed by atoms with van der Waals surface area (Å²) >= 11 is 0. The van der Waals surface area contributed by atoms with Gasteiger partial charge in [0.25, 0.3) is 5.91 Å². The number of hydrogen-bond acceptors (Lipinski definition) is 2. The molecule has 0 fully saturated rings. The number of amides is 1. The van der Waals surface area contributed by atoms with E-state index in [9.17, 15) is 4.79 Å². The van der Waals surface area contributed by atoms with E-state index in [4.69, 9.17) is 0 Å². The van der Waals surface area contributed by atoms with Gasteiger partial charge in [-0.1, -0.05) is 44.2 Å². The van der Waals surface area contributed by atoms with Crippen molar-refractivity contribution in [1.82, 2.24) is 15.3 Å². The number of nitrogens with zero attached hydrogens (tertiary/aromatic N) is 1. The van der Waals surface area contributed by atoms with Crippen molar-refractivity contribution in [2.24, 2.45) is 5.92 Å². The average Bonchev–Trinajstić information content (AvgIpc) is 2.96. The molecule has 0 saturated heterocycles. The van der Waals surface area contributed by atoms with Crippen LogP contribution in [0, 0.1) is 12.8 Å². The van der Waals surface area contributed by atoms with Gasteiger partial charge in [-0.3, -0.25) is 4.79 Å². The fourth-order valence-electron chi connectivity index (χ4n) is 2.72. The summed E-state index contributed by atoms with van der Waals surface area (Å²) in [5, 5.41) is 3.12. The molecule has 118 valence electrons. The lowest BCUT2D eigenvalue weighted by Crippen LogP contribution is -2.32. The Morgan fingerprint density at radius 3 is 2.48 bits per heavy atom. The Hall–Kier alpha value is -2.62. The van der Waals surface area contributed by atoms with Crippen molar-refractivity contribution in [3.8, 4) is 0 Å². The van der Waals surface area contributed by atoms with Crippen LogP contribution in [0.1, 0.15) is 41.6 Å². The number of nitrogens with one attached hydrogen (secondary N) is 2. The highest BCUT2D eigenvalue weighted by Gasteiger charge is 2.22. The van der Waals surface area contributed by atoms with Gasteiger partial charge in [-0.2, -0.15) is 0 Å². The monoisotopic (exact) mass is 307 g/mol. The SMILES string of the molecule is Cc1ccccc1C(=O)NC(c1nc2ccccc2[nH]1)C(C)C. The molecule has 1 aromatic heterocycles. The van der Waals surface area contributed by atoms with Crippen LogP contribution in [0.4, 0.5) is 0 Å². The Morgan fingerprint density at radius 2 is 1.78 bits per heavy atom. The van der Waals surface area contributed by atoms with Crippen LogP contribution in [0.2, 0.25) is 0 Å². The van der Waals surface area contributed by atoms with E-state index < -0.39 is 0 Å². The second-order valence-corrected chi connectivity index (χ2v) is 6.15. The third-order valence-corrected chi connectivity index (χ3v) is 4.05. The van der Waals surface area contributed by atoms with Crippen molar-refractivity contribution in [3.63, 3.8) is 0 Å². The molecule has 4 heteroatoms. The number of fused-ring (bicyclic) bond motifs is 1. The highest BCUT2D eigenvalue weighted by molar-refractivity contribution is 5.95. The van der Waals surface area contributed by atoms with Gasteiger partial charge in [0, 0.05) is 5.56 Å².